The molecule has 0 amide bonds. The summed E-state index contributed by atoms with van der Waals surface area (Å²) in [5.74, 6) is -0.199. The number of rotatable bonds is 7. The molecule has 0 fully saturated rings. The SMILES string of the molecule is OCc1ccc[n+](/C(C(=S)Nc2ccc(OC(F)F)cc2)=C(/O)c2ccc(Cl)c(Cl)c2)c1. The minimum Gasteiger partial charge on any atom is -0.502 e. The van der Waals surface area contributed by atoms with Crippen molar-refractivity contribution >= 4 is 57.6 Å². The van der Waals surface area contributed by atoms with E-state index in [-0.39, 0.29) is 33.8 Å². The molecule has 3 aromatic rings. The molecule has 0 saturated heterocycles. The van der Waals surface area contributed by atoms with E-state index < -0.39 is 6.61 Å². The molecule has 0 aliphatic rings. The molecule has 3 rings (SSSR count). The zero-order valence-corrected chi connectivity index (χ0v) is 18.6. The molecule has 1 heterocycles. The van der Waals surface area contributed by atoms with Gasteiger partial charge in [0.15, 0.2) is 23.1 Å². The van der Waals surface area contributed by atoms with Gasteiger partial charge in [0, 0.05) is 22.9 Å². The van der Waals surface area contributed by atoms with Crippen molar-refractivity contribution in [3.63, 3.8) is 0 Å². The summed E-state index contributed by atoms with van der Waals surface area (Å²) in [6.07, 6.45) is 3.26. The van der Waals surface area contributed by atoms with E-state index in [0.717, 1.165) is 0 Å². The molecule has 3 N–H and O–H groups in total. The molecule has 0 bridgehead atoms. The molecule has 166 valence electrons. The van der Waals surface area contributed by atoms with Crippen LogP contribution in [0.15, 0.2) is 67.0 Å². The number of benzene rings is 2. The fourth-order valence-corrected chi connectivity index (χ4v) is 3.41. The number of hydrogen-bond acceptors (Lipinski definition) is 4. The van der Waals surface area contributed by atoms with Crippen LogP contribution < -0.4 is 14.6 Å². The predicted molar refractivity (Wildman–Crippen MR) is 124 cm³/mol. The fourth-order valence-electron chi connectivity index (χ4n) is 2.79. The van der Waals surface area contributed by atoms with Crippen molar-refractivity contribution in [1.29, 1.82) is 0 Å². The molecule has 0 aliphatic heterocycles. The average Bonchev–Trinajstić information content (AvgIpc) is 2.77. The Hall–Kier alpha value is -2.78. The van der Waals surface area contributed by atoms with Gasteiger partial charge in [-0.15, -0.1) is 0 Å². The number of pyridine rings is 1. The summed E-state index contributed by atoms with van der Waals surface area (Å²) >= 11 is 17.6. The summed E-state index contributed by atoms with van der Waals surface area (Å²) in [7, 11) is 0. The molecule has 0 atom stereocenters. The molecule has 0 unspecified atom stereocenters. The van der Waals surface area contributed by atoms with Crippen molar-refractivity contribution in [1.82, 2.24) is 0 Å². The Balaban J connectivity index is 2.01. The van der Waals surface area contributed by atoms with Crippen LogP contribution in [0.25, 0.3) is 11.5 Å². The highest BCUT2D eigenvalue weighted by Gasteiger charge is 2.25. The van der Waals surface area contributed by atoms with Crippen LogP contribution in [0.4, 0.5) is 14.5 Å². The Morgan fingerprint density at radius 2 is 1.81 bits per heavy atom. The van der Waals surface area contributed by atoms with E-state index in [1.807, 2.05) is 0 Å². The summed E-state index contributed by atoms with van der Waals surface area (Å²) in [5, 5.41) is 24.1. The number of anilines is 1. The highest BCUT2D eigenvalue weighted by molar-refractivity contribution is 7.81. The lowest BCUT2D eigenvalue weighted by atomic mass is 10.1. The standard InChI is InChI=1S/C22H16Cl2F2N2O3S/c23-17-8-3-14(10-18(17)24)20(30)19(28-9-1-2-13(11-28)12-29)21(32)27-15-4-6-16(7-5-15)31-22(25)26/h1-11,22,29H,12H2,(H-,27,30,32)/p+1. The summed E-state index contributed by atoms with van der Waals surface area (Å²) in [5.41, 5.74) is 1.63. The predicted octanol–water partition coefficient (Wildman–Crippen LogP) is 5.70. The number of halogens is 4. The van der Waals surface area contributed by atoms with Crippen LogP contribution in [0.1, 0.15) is 11.1 Å². The van der Waals surface area contributed by atoms with E-state index in [1.165, 1.54) is 30.3 Å². The molecule has 32 heavy (non-hydrogen) atoms. The van der Waals surface area contributed by atoms with Gasteiger partial charge in [-0.3, -0.25) is 0 Å². The Kier molecular flexibility index (Phi) is 7.98. The van der Waals surface area contributed by atoms with Crippen LogP contribution in [0.3, 0.4) is 0 Å². The average molecular weight is 498 g/mol. The van der Waals surface area contributed by atoms with E-state index >= 15 is 0 Å². The second kappa shape index (κ2) is 10.7. The number of thiocarbonyl (C=S) groups is 1. The Morgan fingerprint density at radius 3 is 2.44 bits per heavy atom. The number of alkyl halides is 2. The minimum absolute atomic E-state index is 0.00379. The minimum atomic E-state index is -2.93. The number of nitrogens with zero attached hydrogens (tertiary/aromatic N) is 1. The van der Waals surface area contributed by atoms with E-state index in [0.29, 0.717) is 21.8 Å². The number of hydrogen-bond donors (Lipinski definition) is 3. The molecular formula is C22H17Cl2F2N2O3S+. The van der Waals surface area contributed by atoms with E-state index in [4.69, 9.17) is 35.4 Å². The quantitative estimate of drug-likeness (QED) is 0.169. The molecule has 0 aliphatic carbocycles. The smallest absolute Gasteiger partial charge is 0.387 e. The zero-order chi connectivity index (χ0) is 23.3. The number of ether oxygens (including phenoxy) is 1. The number of nitrogens with one attached hydrogen (secondary N) is 1. The normalized spacial score (nSPS) is 11.8. The van der Waals surface area contributed by atoms with Crippen LogP contribution in [-0.4, -0.2) is 21.8 Å². The van der Waals surface area contributed by atoms with E-state index in [1.54, 1.807) is 41.2 Å². The van der Waals surface area contributed by atoms with Gasteiger partial charge in [0.2, 0.25) is 0 Å². The molecule has 5 nitrogen and oxygen atoms in total. The van der Waals surface area contributed by atoms with Crippen molar-refractivity contribution in [2.24, 2.45) is 0 Å². The molecule has 0 radical (unpaired) electrons. The Labute approximate surface area is 198 Å². The maximum absolute atomic E-state index is 12.4. The molecule has 0 spiro atoms. The van der Waals surface area contributed by atoms with Gasteiger partial charge in [-0.2, -0.15) is 13.3 Å². The Morgan fingerprint density at radius 1 is 1.09 bits per heavy atom. The first kappa shape index (κ1) is 23.9. The van der Waals surface area contributed by atoms with Crippen LogP contribution >= 0.6 is 35.4 Å². The third-order valence-corrected chi connectivity index (χ3v) is 5.31. The molecular weight excluding hydrogens is 481 g/mol. The lowest BCUT2D eigenvalue weighted by Crippen LogP contribution is -2.39. The third-order valence-electron chi connectivity index (χ3n) is 4.27. The summed E-state index contributed by atoms with van der Waals surface area (Å²) in [6, 6.07) is 13.8. The summed E-state index contributed by atoms with van der Waals surface area (Å²) in [4.78, 5) is 0.121. The number of aliphatic hydroxyl groups is 2. The number of aromatic nitrogens is 1. The van der Waals surface area contributed by atoms with Crippen molar-refractivity contribution < 1.29 is 28.3 Å². The van der Waals surface area contributed by atoms with Gasteiger partial charge in [0.1, 0.15) is 5.75 Å². The van der Waals surface area contributed by atoms with Crippen molar-refractivity contribution in [2.75, 3.05) is 5.32 Å². The lowest BCUT2D eigenvalue weighted by molar-refractivity contribution is -0.576. The third kappa shape index (κ3) is 5.92. The first-order valence-corrected chi connectivity index (χ1v) is 10.3. The molecule has 0 saturated carbocycles. The summed E-state index contributed by atoms with van der Waals surface area (Å²) in [6.45, 7) is -3.14. The first-order valence-electron chi connectivity index (χ1n) is 9.15. The second-order valence-electron chi connectivity index (χ2n) is 6.46. The van der Waals surface area contributed by atoms with Gasteiger partial charge in [-0.25, -0.2) is 0 Å². The number of aliphatic hydroxyl groups excluding tert-OH is 2. The maximum atomic E-state index is 12.4. The van der Waals surface area contributed by atoms with Crippen LogP contribution in [0.2, 0.25) is 10.0 Å². The van der Waals surface area contributed by atoms with E-state index in [2.05, 4.69) is 10.1 Å². The second-order valence-corrected chi connectivity index (χ2v) is 7.68. The van der Waals surface area contributed by atoms with Gasteiger partial charge < -0.3 is 20.3 Å². The highest BCUT2D eigenvalue weighted by atomic mass is 35.5. The largest absolute Gasteiger partial charge is 0.502 e. The Bertz CT molecular complexity index is 1160. The van der Waals surface area contributed by atoms with Crippen LogP contribution in [0, 0.1) is 0 Å². The first-order chi connectivity index (χ1) is 15.3. The van der Waals surface area contributed by atoms with Gasteiger partial charge in [0.05, 0.1) is 16.7 Å². The van der Waals surface area contributed by atoms with Gasteiger partial charge in [-0.05, 0) is 48.5 Å². The fraction of sp³-hybridized carbons (Fsp3) is 0.0909. The zero-order valence-electron chi connectivity index (χ0n) is 16.3. The monoisotopic (exact) mass is 497 g/mol. The molecule has 10 heteroatoms. The topological polar surface area (TPSA) is 65.6 Å². The lowest BCUT2D eigenvalue weighted by Gasteiger charge is -2.12. The highest BCUT2D eigenvalue weighted by Crippen LogP contribution is 2.27. The van der Waals surface area contributed by atoms with Gasteiger partial charge in [-0.1, -0.05) is 35.4 Å². The van der Waals surface area contributed by atoms with Crippen molar-refractivity contribution in [2.45, 2.75) is 13.2 Å². The van der Waals surface area contributed by atoms with Crippen molar-refractivity contribution in [3.05, 3.63) is 88.2 Å². The summed E-state index contributed by atoms with van der Waals surface area (Å²) < 4.78 is 30.6. The maximum Gasteiger partial charge on any atom is 0.387 e. The van der Waals surface area contributed by atoms with Crippen LogP contribution in [0.5, 0.6) is 5.75 Å². The van der Waals surface area contributed by atoms with Gasteiger partial charge in [0.25, 0.3) is 5.70 Å². The molecule has 2 aromatic carbocycles. The van der Waals surface area contributed by atoms with Gasteiger partial charge >= 0.3 is 6.61 Å². The van der Waals surface area contributed by atoms with Crippen molar-refractivity contribution in [3.8, 4) is 5.75 Å². The van der Waals surface area contributed by atoms with E-state index in [9.17, 15) is 19.0 Å². The molecule has 1 aromatic heterocycles. The van der Waals surface area contributed by atoms with Crippen LogP contribution in [-0.2, 0) is 6.61 Å².